The zero-order valence-electron chi connectivity index (χ0n) is 10.6. The van der Waals surface area contributed by atoms with E-state index in [2.05, 4.69) is 17.2 Å². The first kappa shape index (κ1) is 11.3. The lowest BCUT2D eigenvalue weighted by atomic mass is 9.70. The molecule has 1 heterocycles. The molecule has 18 heavy (non-hydrogen) atoms. The van der Waals surface area contributed by atoms with Gasteiger partial charge in [-0.1, -0.05) is 19.4 Å². The molecule has 1 aromatic carbocycles. The standard InChI is InChI=1S/C15H18N2O/c1-15(6-2-7-15)10-17-14-13-9-12(18)4-3-11(13)5-8-16-14/h3-5,8-9,18H,2,6-7,10H2,1H3,(H,16,17). The molecule has 2 aromatic rings. The van der Waals surface area contributed by atoms with Gasteiger partial charge in [0.1, 0.15) is 11.6 Å². The van der Waals surface area contributed by atoms with Crippen LogP contribution in [0.2, 0.25) is 0 Å². The number of benzene rings is 1. The van der Waals surface area contributed by atoms with Crippen LogP contribution in [0.25, 0.3) is 10.8 Å². The summed E-state index contributed by atoms with van der Waals surface area (Å²) < 4.78 is 0. The summed E-state index contributed by atoms with van der Waals surface area (Å²) in [6, 6.07) is 7.36. The van der Waals surface area contributed by atoms with Crippen molar-refractivity contribution in [3.8, 4) is 5.75 Å². The highest BCUT2D eigenvalue weighted by molar-refractivity contribution is 5.92. The average molecular weight is 242 g/mol. The number of phenols is 1. The van der Waals surface area contributed by atoms with Gasteiger partial charge in [0.2, 0.25) is 0 Å². The number of fused-ring (bicyclic) bond motifs is 1. The normalized spacial score (nSPS) is 17.4. The SMILES string of the molecule is CC1(CNc2nccc3ccc(O)cc23)CCC1. The monoisotopic (exact) mass is 242 g/mol. The summed E-state index contributed by atoms with van der Waals surface area (Å²) in [7, 11) is 0. The fourth-order valence-electron chi connectivity index (χ4n) is 2.55. The number of pyridine rings is 1. The zero-order chi connectivity index (χ0) is 12.6. The van der Waals surface area contributed by atoms with E-state index >= 15 is 0 Å². The van der Waals surface area contributed by atoms with Gasteiger partial charge in [0.15, 0.2) is 0 Å². The van der Waals surface area contributed by atoms with Gasteiger partial charge in [-0.2, -0.15) is 0 Å². The van der Waals surface area contributed by atoms with Crippen molar-refractivity contribution in [2.75, 3.05) is 11.9 Å². The molecule has 0 bridgehead atoms. The molecule has 0 aliphatic heterocycles. The number of hydrogen-bond acceptors (Lipinski definition) is 3. The van der Waals surface area contributed by atoms with Crippen LogP contribution < -0.4 is 5.32 Å². The maximum Gasteiger partial charge on any atom is 0.133 e. The maximum atomic E-state index is 9.58. The molecule has 1 fully saturated rings. The Bertz CT molecular complexity index is 576. The van der Waals surface area contributed by atoms with Gasteiger partial charge in [0.05, 0.1) is 0 Å². The molecule has 1 aliphatic carbocycles. The summed E-state index contributed by atoms with van der Waals surface area (Å²) in [5, 5.41) is 15.1. The van der Waals surface area contributed by atoms with Gasteiger partial charge in [-0.15, -0.1) is 0 Å². The van der Waals surface area contributed by atoms with E-state index in [9.17, 15) is 5.11 Å². The number of phenolic OH excluding ortho intramolecular Hbond substituents is 1. The fraction of sp³-hybridized carbons (Fsp3) is 0.400. The summed E-state index contributed by atoms with van der Waals surface area (Å²) in [6.45, 7) is 3.26. The minimum atomic E-state index is 0.286. The molecule has 3 nitrogen and oxygen atoms in total. The van der Waals surface area contributed by atoms with Gasteiger partial charge in [0.25, 0.3) is 0 Å². The largest absolute Gasteiger partial charge is 0.508 e. The molecule has 1 saturated carbocycles. The maximum absolute atomic E-state index is 9.58. The lowest BCUT2D eigenvalue weighted by Gasteiger charge is -2.38. The van der Waals surface area contributed by atoms with Gasteiger partial charge in [-0.05, 0) is 41.8 Å². The Morgan fingerprint density at radius 1 is 1.33 bits per heavy atom. The molecule has 0 unspecified atom stereocenters. The lowest BCUT2D eigenvalue weighted by Crippen LogP contribution is -2.33. The first-order chi connectivity index (χ1) is 8.66. The Kier molecular flexibility index (Phi) is 2.62. The van der Waals surface area contributed by atoms with Crippen molar-refractivity contribution in [1.29, 1.82) is 0 Å². The summed E-state index contributed by atoms with van der Waals surface area (Å²) >= 11 is 0. The van der Waals surface area contributed by atoms with Crippen LogP contribution in [0.1, 0.15) is 26.2 Å². The number of aromatic hydroxyl groups is 1. The lowest BCUT2D eigenvalue weighted by molar-refractivity contribution is 0.180. The fourth-order valence-corrected chi connectivity index (χ4v) is 2.55. The van der Waals surface area contributed by atoms with Gasteiger partial charge in [-0.3, -0.25) is 0 Å². The molecule has 3 heteroatoms. The van der Waals surface area contributed by atoms with E-state index in [4.69, 9.17) is 0 Å². The third-order valence-electron chi connectivity index (χ3n) is 3.99. The molecule has 2 N–H and O–H groups in total. The van der Waals surface area contributed by atoms with Crippen LogP contribution in [0.4, 0.5) is 5.82 Å². The second-order valence-corrected chi connectivity index (χ2v) is 5.58. The number of rotatable bonds is 3. The van der Waals surface area contributed by atoms with E-state index in [1.54, 1.807) is 12.1 Å². The molecule has 1 aromatic heterocycles. The van der Waals surface area contributed by atoms with Crippen LogP contribution in [-0.2, 0) is 0 Å². The van der Waals surface area contributed by atoms with E-state index in [-0.39, 0.29) is 5.75 Å². The van der Waals surface area contributed by atoms with E-state index < -0.39 is 0 Å². The highest BCUT2D eigenvalue weighted by Crippen LogP contribution is 2.40. The summed E-state index contributed by atoms with van der Waals surface area (Å²) in [4.78, 5) is 4.39. The number of anilines is 1. The molecule has 0 atom stereocenters. The molecule has 3 rings (SSSR count). The van der Waals surface area contributed by atoms with E-state index in [0.29, 0.717) is 5.41 Å². The van der Waals surface area contributed by atoms with Crippen molar-refractivity contribution in [1.82, 2.24) is 4.98 Å². The predicted molar refractivity (Wildman–Crippen MR) is 73.9 cm³/mol. The quantitative estimate of drug-likeness (QED) is 0.865. The molecular weight excluding hydrogens is 224 g/mol. The van der Waals surface area contributed by atoms with Gasteiger partial charge in [-0.25, -0.2) is 4.98 Å². The molecule has 94 valence electrons. The van der Waals surface area contributed by atoms with Crippen LogP contribution in [0.3, 0.4) is 0 Å². The summed E-state index contributed by atoms with van der Waals surface area (Å²) in [5.74, 6) is 1.16. The molecule has 0 radical (unpaired) electrons. The highest BCUT2D eigenvalue weighted by Gasteiger charge is 2.31. The van der Waals surface area contributed by atoms with Crippen molar-refractivity contribution in [2.24, 2.45) is 5.41 Å². The second kappa shape index (κ2) is 4.16. The third kappa shape index (κ3) is 2.01. The van der Waals surface area contributed by atoms with Crippen molar-refractivity contribution >= 4 is 16.6 Å². The van der Waals surface area contributed by atoms with Crippen molar-refractivity contribution in [3.63, 3.8) is 0 Å². The minimum absolute atomic E-state index is 0.286. The predicted octanol–water partition coefficient (Wildman–Crippen LogP) is 3.54. The first-order valence-electron chi connectivity index (χ1n) is 6.48. The number of nitrogens with one attached hydrogen (secondary N) is 1. The van der Waals surface area contributed by atoms with E-state index in [1.807, 2.05) is 18.3 Å². The third-order valence-corrected chi connectivity index (χ3v) is 3.99. The smallest absolute Gasteiger partial charge is 0.133 e. The molecule has 0 amide bonds. The van der Waals surface area contributed by atoms with Gasteiger partial charge >= 0.3 is 0 Å². The number of aromatic nitrogens is 1. The summed E-state index contributed by atoms with van der Waals surface area (Å²) in [6.07, 6.45) is 5.72. The van der Waals surface area contributed by atoms with Crippen molar-refractivity contribution in [3.05, 3.63) is 30.5 Å². The first-order valence-corrected chi connectivity index (χ1v) is 6.48. The van der Waals surface area contributed by atoms with E-state index in [0.717, 1.165) is 23.1 Å². The van der Waals surface area contributed by atoms with Gasteiger partial charge in [0, 0.05) is 18.1 Å². The molecular formula is C15H18N2O. The van der Waals surface area contributed by atoms with Crippen LogP contribution in [0.15, 0.2) is 30.5 Å². The Balaban J connectivity index is 1.88. The zero-order valence-corrected chi connectivity index (χ0v) is 10.6. The average Bonchev–Trinajstić information content (AvgIpc) is 2.34. The minimum Gasteiger partial charge on any atom is -0.508 e. The number of hydrogen-bond donors (Lipinski definition) is 2. The van der Waals surface area contributed by atoms with Crippen LogP contribution in [-0.4, -0.2) is 16.6 Å². The molecule has 0 spiro atoms. The van der Waals surface area contributed by atoms with Gasteiger partial charge < -0.3 is 10.4 Å². The second-order valence-electron chi connectivity index (χ2n) is 5.58. The Hall–Kier alpha value is -1.77. The Morgan fingerprint density at radius 2 is 2.17 bits per heavy atom. The summed E-state index contributed by atoms with van der Waals surface area (Å²) in [5.41, 5.74) is 0.417. The molecule has 0 saturated heterocycles. The Morgan fingerprint density at radius 3 is 2.89 bits per heavy atom. The van der Waals surface area contributed by atoms with Crippen LogP contribution >= 0.6 is 0 Å². The molecule has 1 aliphatic rings. The van der Waals surface area contributed by atoms with Crippen molar-refractivity contribution in [2.45, 2.75) is 26.2 Å². The van der Waals surface area contributed by atoms with Crippen molar-refractivity contribution < 1.29 is 5.11 Å². The van der Waals surface area contributed by atoms with E-state index in [1.165, 1.54) is 19.3 Å². The Labute approximate surface area is 107 Å². The van der Waals surface area contributed by atoms with Crippen LogP contribution in [0.5, 0.6) is 5.75 Å². The van der Waals surface area contributed by atoms with Crippen LogP contribution in [0, 0.1) is 5.41 Å². The topological polar surface area (TPSA) is 45.2 Å². The number of nitrogens with zero attached hydrogens (tertiary/aromatic N) is 1. The highest BCUT2D eigenvalue weighted by atomic mass is 16.3.